The van der Waals surface area contributed by atoms with Gasteiger partial charge in [-0.15, -0.1) is 0 Å². The SMILES string of the molecule is Cc1ccc(S(=O)(=O)Nc2ccc(C(=O)N/N=C\c3cc4ccccc4nc3Cl)cc2)cc1. The van der Waals surface area contributed by atoms with Gasteiger partial charge in [0.05, 0.1) is 16.6 Å². The lowest BCUT2D eigenvalue weighted by atomic mass is 10.2. The number of nitrogens with one attached hydrogen (secondary N) is 2. The predicted molar refractivity (Wildman–Crippen MR) is 130 cm³/mol. The zero-order chi connectivity index (χ0) is 23.4. The first-order valence-electron chi connectivity index (χ1n) is 9.90. The van der Waals surface area contributed by atoms with Crippen LogP contribution in [0.3, 0.4) is 0 Å². The van der Waals surface area contributed by atoms with Crippen molar-refractivity contribution in [2.45, 2.75) is 11.8 Å². The van der Waals surface area contributed by atoms with Gasteiger partial charge >= 0.3 is 0 Å². The molecule has 0 aliphatic heterocycles. The molecule has 33 heavy (non-hydrogen) atoms. The van der Waals surface area contributed by atoms with Crippen molar-refractivity contribution in [2.24, 2.45) is 5.10 Å². The third-order valence-corrected chi connectivity index (χ3v) is 6.50. The second kappa shape index (κ2) is 9.40. The van der Waals surface area contributed by atoms with Gasteiger partial charge in [0, 0.05) is 22.2 Å². The van der Waals surface area contributed by atoms with E-state index in [4.69, 9.17) is 11.6 Å². The number of hydrazone groups is 1. The Kier molecular flexibility index (Phi) is 6.39. The first kappa shape index (κ1) is 22.4. The first-order chi connectivity index (χ1) is 15.8. The third-order valence-electron chi connectivity index (χ3n) is 4.80. The van der Waals surface area contributed by atoms with E-state index < -0.39 is 15.9 Å². The molecular weight excluding hydrogens is 460 g/mol. The monoisotopic (exact) mass is 478 g/mol. The van der Waals surface area contributed by atoms with Gasteiger partial charge in [0.15, 0.2) is 0 Å². The Morgan fingerprint density at radius 3 is 2.42 bits per heavy atom. The quantitative estimate of drug-likeness (QED) is 0.237. The van der Waals surface area contributed by atoms with Gasteiger partial charge in [0.25, 0.3) is 15.9 Å². The Hall–Kier alpha value is -3.75. The Morgan fingerprint density at radius 1 is 1.00 bits per heavy atom. The normalized spacial score (nSPS) is 11.6. The minimum Gasteiger partial charge on any atom is -0.280 e. The summed E-state index contributed by atoms with van der Waals surface area (Å²) >= 11 is 6.19. The number of amides is 1. The third kappa shape index (κ3) is 5.36. The van der Waals surface area contributed by atoms with Crippen molar-refractivity contribution in [3.05, 3.63) is 101 Å². The molecule has 0 saturated carbocycles. The highest BCUT2D eigenvalue weighted by atomic mass is 35.5. The number of carbonyl (C=O) groups is 1. The minimum atomic E-state index is -3.72. The summed E-state index contributed by atoms with van der Waals surface area (Å²) in [5, 5.41) is 5.13. The van der Waals surface area contributed by atoms with Crippen LogP contribution in [-0.4, -0.2) is 25.5 Å². The van der Waals surface area contributed by atoms with Gasteiger partial charge in [-0.1, -0.05) is 47.5 Å². The molecule has 0 bridgehead atoms. The maximum atomic E-state index is 12.5. The number of anilines is 1. The van der Waals surface area contributed by atoms with Crippen LogP contribution in [-0.2, 0) is 10.0 Å². The number of rotatable bonds is 6. The number of aromatic nitrogens is 1. The summed E-state index contributed by atoms with van der Waals surface area (Å²) in [6.07, 6.45) is 1.42. The van der Waals surface area contributed by atoms with E-state index >= 15 is 0 Å². The zero-order valence-corrected chi connectivity index (χ0v) is 19.1. The number of fused-ring (bicyclic) bond motifs is 1. The molecule has 0 radical (unpaired) electrons. The summed E-state index contributed by atoms with van der Waals surface area (Å²) in [5.41, 5.74) is 5.37. The van der Waals surface area contributed by atoms with Gasteiger partial charge < -0.3 is 0 Å². The van der Waals surface area contributed by atoms with Gasteiger partial charge in [0.2, 0.25) is 0 Å². The lowest BCUT2D eigenvalue weighted by Gasteiger charge is -2.09. The van der Waals surface area contributed by atoms with E-state index in [9.17, 15) is 13.2 Å². The summed E-state index contributed by atoms with van der Waals surface area (Å²) in [7, 11) is -3.72. The number of aryl methyl sites for hydroxylation is 1. The van der Waals surface area contributed by atoms with E-state index in [1.54, 1.807) is 12.1 Å². The molecule has 0 fully saturated rings. The number of hydrogen-bond acceptors (Lipinski definition) is 5. The van der Waals surface area contributed by atoms with Crippen molar-refractivity contribution in [3.63, 3.8) is 0 Å². The predicted octanol–water partition coefficient (Wildman–Crippen LogP) is 4.76. The average molecular weight is 479 g/mol. The molecule has 4 aromatic rings. The molecule has 9 heteroatoms. The molecule has 0 aliphatic rings. The molecule has 1 aromatic heterocycles. The maximum Gasteiger partial charge on any atom is 0.271 e. The maximum absolute atomic E-state index is 12.5. The summed E-state index contributed by atoms with van der Waals surface area (Å²) in [4.78, 5) is 16.8. The number of pyridine rings is 1. The molecule has 1 heterocycles. The highest BCUT2D eigenvalue weighted by Gasteiger charge is 2.14. The first-order valence-corrected chi connectivity index (χ1v) is 11.8. The van der Waals surface area contributed by atoms with Crippen LogP contribution in [0, 0.1) is 6.92 Å². The number of hydrogen-bond donors (Lipinski definition) is 2. The van der Waals surface area contributed by atoms with Crippen LogP contribution < -0.4 is 10.1 Å². The molecule has 0 spiro atoms. The Labute approximate surface area is 196 Å². The van der Waals surface area contributed by atoms with Gasteiger partial charge in [-0.3, -0.25) is 9.52 Å². The molecule has 3 aromatic carbocycles. The van der Waals surface area contributed by atoms with Gasteiger partial charge in [-0.2, -0.15) is 5.10 Å². The van der Waals surface area contributed by atoms with Crippen LogP contribution >= 0.6 is 11.6 Å². The number of para-hydroxylation sites is 1. The largest absolute Gasteiger partial charge is 0.280 e. The van der Waals surface area contributed by atoms with E-state index in [0.29, 0.717) is 16.8 Å². The molecule has 0 saturated heterocycles. The molecule has 4 rings (SSSR count). The lowest BCUT2D eigenvalue weighted by Crippen LogP contribution is -2.18. The van der Waals surface area contributed by atoms with Crippen molar-refractivity contribution in [1.29, 1.82) is 0 Å². The molecule has 1 amide bonds. The van der Waals surface area contributed by atoms with Gasteiger partial charge in [-0.05, 0) is 55.5 Å². The van der Waals surface area contributed by atoms with Crippen LogP contribution in [0.4, 0.5) is 5.69 Å². The Bertz CT molecular complexity index is 1450. The summed E-state index contributed by atoms with van der Waals surface area (Å²) in [5.74, 6) is -0.455. The van der Waals surface area contributed by atoms with Crippen LogP contribution in [0.1, 0.15) is 21.5 Å². The van der Waals surface area contributed by atoms with E-state index in [1.807, 2.05) is 37.3 Å². The fourth-order valence-corrected chi connectivity index (χ4v) is 4.30. The van der Waals surface area contributed by atoms with Crippen LogP contribution in [0.2, 0.25) is 5.15 Å². The molecule has 0 unspecified atom stereocenters. The van der Waals surface area contributed by atoms with Crippen molar-refractivity contribution in [1.82, 2.24) is 10.4 Å². The number of nitrogens with zero attached hydrogens (tertiary/aromatic N) is 2. The fourth-order valence-electron chi connectivity index (χ4n) is 3.05. The van der Waals surface area contributed by atoms with Crippen LogP contribution in [0.25, 0.3) is 10.9 Å². The Balaban J connectivity index is 1.41. The second-order valence-electron chi connectivity index (χ2n) is 7.26. The van der Waals surface area contributed by atoms with Crippen LogP contribution in [0.15, 0.2) is 88.9 Å². The molecule has 0 aliphatic carbocycles. The standard InChI is InChI=1S/C24H19ClN4O3S/c1-16-6-12-21(13-7-16)33(31,32)29-20-10-8-17(9-11-20)24(30)28-26-15-19-14-18-4-2-3-5-22(18)27-23(19)25/h2-15,29H,1H3,(H,28,30)/b26-15-. The van der Waals surface area contributed by atoms with Gasteiger partial charge in [0.1, 0.15) is 5.15 Å². The van der Waals surface area contributed by atoms with Crippen molar-refractivity contribution < 1.29 is 13.2 Å². The number of benzene rings is 3. The molecule has 0 atom stereocenters. The number of sulfonamides is 1. The number of carbonyl (C=O) groups excluding carboxylic acids is 1. The molecule has 7 nitrogen and oxygen atoms in total. The van der Waals surface area contributed by atoms with Crippen molar-refractivity contribution in [2.75, 3.05) is 4.72 Å². The fraction of sp³-hybridized carbons (Fsp3) is 0.0417. The lowest BCUT2D eigenvalue weighted by molar-refractivity contribution is 0.0955. The average Bonchev–Trinajstić information content (AvgIpc) is 2.80. The summed E-state index contributed by atoms with van der Waals surface area (Å²) < 4.78 is 27.5. The van der Waals surface area contributed by atoms with Crippen molar-refractivity contribution in [3.8, 4) is 0 Å². The van der Waals surface area contributed by atoms with E-state index in [-0.39, 0.29) is 10.0 Å². The molecule has 166 valence electrons. The van der Waals surface area contributed by atoms with Gasteiger partial charge in [-0.25, -0.2) is 18.8 Å². The van der Waals surface area contributed by atoms with E-state index in [2.05, 4.69) is 20.2 Å². The topological polar surface area (TPSA) is 101 Å². The Morgan fingerprint density at radius 2 is 1.70 bits per heavy atom. The van der Waals surface area contributed by atoms with Crippen molar-refractivity contribution >= 4 is 50.3 Å². The second-order valence-corrected chi connectivity index (χ2v) is 9.30. The summed E-state index contributed by atoms with van der Waals surface area (Å²) in [6, 6.07) is 21.9. The summed E-state index contributed by atoms with van der Waals surface area (Å²) in [6.45, 7) is 1.88. The van der Waals surface area contributed by atoms with E-state index in [0.717, 1.165) is 16.5 Å². The van der Waals surface area contributed by atoms with E-state index in [1.165, 1.54) is 42.6 Å². The number of halogens is 1. The zero-order valence-electron chi connectivity index (χ0n) is 17.5. The minimum absolute atomic E-state index is 0.158. The smallest absolute Gasteiger partial charge is 0.271 e. The van der Waals surface area contributed by atoms with Crippen LogP contribution in [0.5, 0.6) is 0 Å². The molecule has 2 N–H and O–H groups in total. The highest BCUT2D eigenvalue weighted by molar-refractivity contribution is 7.92. The molecular formula is C24H19ClN4O3S. The highest BCUT2D eigenvalue weighted by Crippen LogP contribution is 2.19.